The number of nitrogens with two attached hydrogens (primary N) is 1. The van der Waals surface area contributed by atoms with Crippen LogP contribution in [0.4, 0.5) is 8.78 Å². The summed E-state index contributed by atoms with van der Waals surface area (Å²) in [4.78, 5) is 23.0. The zero-order chi connectivity index (χ0) is 15.3. The van der Waals surface area contributed by atoms with Crippen LogP contribution in [0.1, 0.15) is 25.5 Å². The van der Waals surface area contributed by atoms with Crippen LogP contribution in [0.3, 0.4) is 0 Å². The average molecular weight is 286 g/mol. The zero-order valence-corrected chi connectivity index (χ0v) is 11.2. The summed E-state index contributed by atoms with van der Waals surface area (Å²) in [6.07, 6.45) is 0. The Balaban J connectivity index is 2.69. The number of amides is 1. The first-order chi connectivity index (χ1) is 9.36. The quantitative estimate of drug-likeness (QED) is 0.626. The smallest absolute Gasteiger partial charge is 0.332 e. The molecule has 0 aliphatic carbocycles. The number of benzene rings is 1. The number of hydrogen-bond donors (Lipinski definition) is 2. The second-order valence-electron chi connectivity index (χ2n) is 4.13. The highest BCUT2D eigenvalue weighted by Gasteiger charge is 2.25. The lowest BCUT2D eigenvalue weighted by Crippen LogP contribution is -2.47. The second-order valence-corrected chi connectivity index (χ2v) is 4.13. The number of rotatable bonds is 5. The Bertz CT molecular complexity index is 508. The van der Waals surface area contributed by atoms with Gasteiger partial charge in [-0.05, 0) is 31.5 Å². The fraction of sp³-hybridized carbons (Fsp3) is 0.385. The fourth-order valence-electron chi connectivity index (χ4n) is 1.51. The van der Waals surface area contributed by atoms with E-state index in [1.807, 2.05) is 0 Å². The molecule has 0 fully saturated rings. The van der Waals surface area contributed by atoms with Gasteiger partial charge in [-0.25, -0.2) is 13.6 Å². The minimum Gasteiger partial charge on any atom is -0.464 e. The van der Waals surface area contributed by atoms with Crippen molar-refractivity contribution in [3.8, 4) is 0 Å². The van der Waals surface area contributed by atoms with Gasteiger partial charge in [-0.3, -0.25) is 4.79 Å². The van der Waals surface area contributed by atoms with Gasteiger partial charge in [0.25, 0.3) is 0 Å². The molecule has 20 heavy (non-hydrogen) atoms. The van der Waals surface area contributed by atoms with Crippen molar-refractivity contribution in [2.75, 3.05) is 6.61 Å². The topological polar surface area (TPSA) is 81.4 Å². The number of ether oxygens (including phenoxy) is 1. The van der Waals surface area contributed by atoms with Crippen molar-refractivity contribution >= 4 is 11.9 Å². The molecule has 0 radical (unpaired) electrons. The maximum atomic E-state index is 13.1. The van der Waals surface area contributed by atoms with E-state index in [1.165, 1.54) is 6.07 Å². The Labute approximate surface area is 115 Å². The van der Waals surface area contributed by atoms with Crippen LogP contribution in [0.5, 0.6) is 0 Å². The molecule has 1 rings (SSSR count). The van der Waals surface area contributed by atoms with E-state index in [4.69, 9.17) is 5.73 Å². The average Bonchev–Trinajstić information content (AvgIpc) is 2.41. The maximum Gasteiger partial charge on any atom is 0.332 e. The van der Waals surface area contributed by atoms with Crippen LogP contribution in [0.25, 0.3) is 0 Å². The Morgan fingerprint density at radius 2 is 2.00 bits per heavy atom. The molecule has 0 bridgehead atoms. The monoisotopic (exact) mass is 286 g/mol. The van der Waals surface area contributed by atoms with Gasteiger partial charge in [0.2, 0.25) is 5.91 Å². The first kappa shape index (κ1) is 16.0. The van der Waals surface area contributed by atoms with Crippen molar-refractivity contribution in [1.29, 1.82) is 0 Å². The van der Waals surface area contributed by atoms with Gasteiger partial charge in [0.1, 0.15) is 0 Å². The van der Waals surface area contributed by atoms with Crippen molar-refractivity contribution in [3.05, 3.63) is 35.4 Å². The minimum atomic E-state index is -1.46. The van der Waals surface area contributed by atoms with E-state index in [-0.39, 0.29) is 6.61 Å². The van der Waals surface area contributed by atoms with Gasteiger partial charge in [0.15, 0.2) is 17.7 Å². The largest absolute Gasteiger partial charge is 0.464 e. The number of esters is 1. The van der Waals surface area contributed by atoms with Crippen LogP contribution < -0.4 is 11.1 Å². The molecular formula is C13H16F2N2O3. The molecule has 0 saturated carbocycles. The van der Waals surface area contributed by atoms with Gasteiger partial charge in [-0.15, -0.1) is 0 Å². The third-order valence-corrected chi connectivity index (χ3v) is 2.63. The lowest BCUT2D eigenvalue weighted by Gasteiger charge is -2.17. The molecule has 0 aliphatic rings. The van der Waals surface area contributed by atoms with Crippen LogP contribution in [-0.4, -0.2) is 24.5 Å². The third kappa shape index (κ3) is 3.99. The Kier molecular flexibility index (Phi) is 5.57. The van der Waals surface area contributed by atoms with Crippen LogP contribution >= 0.6 is 0 Å². The van der Waals surface area contributed by atoms with E-state index < -0.39 is 35.6 Å². The molecular weight excluding hydrogens is 270 g/mol. The molecule has 5 nitrogen and oxygen atoms in total. The molecule has 2 unspecified atom stereocenters. The molecule has 0 spiro atoms. The van der Waals surface area contributed by atoms with Gasteiger partial charge < -0.3 is 15.8 Å². The van der Waals surface area contributed by atoms with Crippen molar-refractivity contribution in [2.24, 2.45) is 5.73 Å². The summed E-state index contributed by atoms with van der Waals surface area (Å²) in [5.74, 6) is -3.59. The Morgan fingerprint density at radius 3 is 2.55 bits per heavy atom. The molecule has 1 aromatic rings. The van der Waals surface area contributed by atoms with Crippen molar-refractivity contribution in [1.82, 2.24) is 5.32 Å². The number of nitrogens with one attached hydrogen (secondary N) is 1. The van der Waals surface area contributed by atoms with Gasteiger partial charge in [0, 0.05) is 0 Å². The van der Waals surface area contributed by atoms with E-state index in [0.717, 1.165) is 12.1 Å². The lowest BCUT2D eigenvalue weighted by molar-refractivity contribution is -0.148. The molecule has 3 N–H and O–H groups in total. The van der Waals surface area contributed by atoms with E-state index >= 15 is 0 Å². The van der Waals surface area contributed by atoms with Gasteiger partial charge in [-0.1, -0.05) is 6.07 Å². The Morgan fingerprint density at radius 1 is 1.35 bits per heavy atom. The van der Waals surface area contributed by atoms with Gasteiger partial charge in [0.05, 0.1) is 12.6 Å². The third-order valence-electron chi connectivity index (χ3n) is 2.63. The van der Waals surface area contributed by atoms with Crippen LogP contribution in [0.2, 0.25) is 0 Å². The summed E-state index contributed by atoms with van der Waals surface area (Å²) >= 11 is 0. The van der Waals surface area contributed by atoms with E-state index in [2.05, 4.69) is 10.1 Å². The molecule has 0 aliphatic heterocycles. The van der Waals surface area contributed by atoms with E-state index in [9.17, 15) is 18.4 Å². The number of hydrogen-bond acceptors (Lipinski definition) is 4. The molecule has 7 heteroatoms. The standard InChI is InChI=1S/C13H16F2N2O3/c1-3-20-13(19)11(16)12(18)17-7(2)8-4-5-9(14)10(15)6-8/h4-7,11H,3,16H2,1-2H3,(H,17,18). The predicted molar refractivity (Wildman–Crippen MR) is 67.5 cm³/mol. The number of carbonyl (C=O) groups excluding carboxylic acids is 2. The first-order valence-corrected chi connectivity index (χ1v) is 6.04. The minimum absolute atomic E-state index is 0.110. The maximum absolute atomic E-state index is 13.1. The lowest BCUT2D eigenvalue weighted by atomic mass is 10.1. The summed E-state index contributed by atoms with van der Waals surface area (Å²) in [7, 11) is 0. The Hall–Kier alpha value is -2.02. The van der Waals surface area contributed by atoms with Crippen LogP contribution in [0, 0.1) is 11.6 Å². The van der Waals surface area contributed by atoms with E-state index in [0.29, 0.717) is 5.56 Å². The van der Waals surface area contributed by atoms with Gasteiger partial charge in [-0.2, -0.15) is 0 Å². The molecule has 1 aromatic carbocycles. The second kappa shape index (κ2) is 6.95. The first-order valence-electron chi connectivity index (χ1n) is 6.04. The number of halogens is 2. The number of carbonyl (C=O) groups is 2. The summed E-state index contributed by atoms with van der Waals surface area (Å²) < 4.78 is 30.5. The molecule has 110 valence electrons. The molecule has 0 saturated heterocycles. The fourth-order valence-corrected chi connectivity index (χ4v) is 1.51. The van der Waals surface area contributed by atoms with Crippen LogP contribution in [-0.2, 0) is 14.3 Å². The summed E-state index contributed by atoms with van der Waals surface area (Å²) in [5, 5.41) is 2.43. The highest BCUT2D eigenvalue weighted by molar-refractivity contribution is 6.01. The molecule has 0 heterocycles. The summed E-state index contributed by atoms with van der Waals surface area (Å²) in [6.45, 7) is 3.26. The molecule has 0 aromatic heterocycles. The SMILES string of the molecule is CCOC(=O)C(N)C(=O)NC(C)c1ccc(F)c(F)c1. The highest BCUT2D eigenvalue weighted by Crippen LogP contribution is 2.15. The predicted octanol–water partition coefficient (Wildman–Crippen LogP) is 1.03. The van der Waals surface area contributed by atoms with Crippen molar-refractivity contribution in [3.63, 3.8) is 0 Å². The van der Waals surface area contributed by atoms with Gasteiger partial charge >= 0.3 is 5.97 Å². The van der Waals surface area contributed by atoms with Crippen LogP contribution in [0.15, 0.2) is 18.2 Å². The van der Waals surface area contributed by atoms with Crippen molar-refractivity contribution in [2.45, 2.75) is 25.9 Å². The molecule has 1 amide bonds. The van der Waals surface area contributed by atoms with Crippen molar-refractivity contribution < 1.29 is 23.1 Å². The molecule has 2 atom stereocenters. The summed E-state index contributed by atoms with van der Waals surface area (Å²) in [6, 6.07) is 1.18. The summed E-state index contributed by atoms with van der Waals surface area (Å²) in [5.41, 5.74) is 5.76. The van der Waals surface area contributed by atoms with E-state index in [1.54, 1.807) is 13.8 Å². The normalized spacial score (nSPS) is 13.4. The highest BCUT2D eigenvalue weighted by atomic mass is 19.2. The zero-order valence-electron chi connectivity index (χ0n) is 11.2.